The predicted octanol–water partition coefficient (Wildman–Crippen LogP) is 4.78. The summed E-state index contributed by atoms with van der Waals surface area (Å²) in [6, 6.07) is 12.8. The molecule has 4 rings (SSSR count). The summed E-state index contributed by atoms with van der Waals surface area (Å²) in [5.74, 6) is 0. The molecule has 0 amide bonds. The minimum Gasteiger partial charge on any atom is -0.451 e. The number of hydrogen-bond donors (Lipinski definition) is 1. The summed E-state index contributed by atoms with van der Waals surface area (Å²) in [6.07, 6.45) is 5.02. The Labute approximate surface area is 159 Å². The van der Waals surface area contributed by atoms with Gasteiger partial charge in [0.25, 0.3) is 5.69 Å². The minimum absolute atomic E-state index is 0.103. The highest BCUT2D eigenvalue weighted by atomic mass is 32.2. The number of oxazole rings is 1. The highest BCUT2D eigenvalue weighted by Crippen LogP contribution is 2.39. The molecular weight excluding hydrogens is 364 g/mol. The predicted molar refractivity (Wildman–Crippen MR) is 104 cm³/mol. The van der Waals surface area contributed by atoms with Gasteiger partial charge < -0.3 is 14.3 Å². The van der Waals surface area contributed by atoms with Crippen LogP contribution in [0, 0.1) is 10.1 Å². The van der Waals surface area contributed by atoms with E-state index in [0.717, 1.165) is 27.2 Å². The molecule has 0 saturated heterocycles. The third-order valence-electron chi connectivity index (χ3n) is 4.23. The molecule has 0 spiro atoms. The van der Waals surface area contributed by atoms with Gasteiger partial charge in [0.2, 0.25) is 0 Å². The van der Waals surface area contributed by atoms with Crippen LogP contribution in [0.2, 0.25) is 0 Å². The van der Waals surface area contributed by atoms with Gasteiger partial charge in [0, 0.05) is 35.3 Å². The Morgan fingerprint density at radius 3 is 2.85 bits per heavy atom. The number of para-hydroxylation sites is 1. The van der Waals surface area contributed by atoms with Gasteiger partial charge in [-0.05, 0) is 24.3 Å². The maximum atomic E-state index is 11.3. The summed E-state index contributed by atoms with van der Waals surface area (Å²) < 4.78 is 7.15. The zero-order chi connectivity index (χ0) is 18.8. The lowest BCUT2D eigenvalue weighted by atomic mass is 10.2. The van der Waals surface area contributed by atoms with Gasteiger partial charge in [-0.1, -0.05) is 23.9 Å². The van der Waals surface area contributed by atoms with Gasteiger partial charge in [-0.15, -0.1) is 0 Å². The molecule has 4 aromatic rings. The van der Waals surface area contributed by atoms with E-state index in [1.54, 1.807) is 18.4 Å². The Morgan fingerprint density at radius 1 is 1.26 bits per heavy atom. The van der Waals surface area contributed by atoms with Gasteiger partial charge in [-0.25, -0.2) is 4.98 Å². The van der Waals surface area contributed by atoms with Crippen LogP contribution in [0.5, 0.6) is 0 Å². The van der Waals surface area contributed by atoms with Crippen LogP contribution in [-0.4, -0.2) is 21.5 Å². The first-order chi connectivity index (χ1) is 13.2. The summed E-state index contributed by atoms with van der Waals surface area (Å²) in [7, 11) is 1.87. The molecule has 2 aromatic heterocycles. The minimum atomic E-state index is -0.351. The lowest BCUT2D eigenvalue weighted by Crippen LogP contribution is -1.98. The van der Waals surface area contributed by atoms with E-state index >= 15 is 0 Å². The van der Waals surface area contributed by atoms with E-state index in [2.05, 4.69) is 20.9 Å². The number of hydrogen-bond acceptors (Lipinski definition) is 6. The molecule has 27 heavy (non-hydrogen) atoms. The number of benzene rings is 2. The van der Waals surface area contributed by atoms with Crippen LogP contribution in [0.25, 0.3) is 10.9 Å². The molecule has 0 atom stereocenters. The van der Waals surface area contributed by atoms with E-state index in [1.807, 2.05) is 31.4 Å². The maximum absolute atomic E-state index is 11.3. The lowest BCUT2D eigenvalue weighted by molar-refractivity contribution is -0.387. The molecule has 0 saturated carbocycles. The van der Waals surface area contributed by atoms with Crippen LogP contribution in [0.3, 0.4) is 0 Å². The number of anilines is 1. The van der Waals surface area contributed by atoms with E-state index in [-0.39, 0.29) is 10.6 Å². The fraction of sp³-hybridized carbons (Fsp3) is 0.105. The normalized spacial score (nSPS) is 11.0. The molecule has 0 aliphatic rings. The molecule has 0 fully saturated rings. The fourth-order valence-corrected chi connectivity index (χ4v) is 4.02. The second kappa shape index (κ2) is 7.16. The smallest absolute Gasteiger partial charge is 0.283 e. The van der Waals surface area contributed by atoms with Crippen LogP contribution in [0.1, 0.15) is 5.69 Å². The van der Waals surface area contributed by atoms with E-state index in [9.17, 15) is 10.1 Å². The average Bonchev–Trinajstić information content (AvgIpc) is 3.30. The number of rotatable bonds is 6. The van der Waals surface area contributed by atoms with Crippen molar-refractivity contribution >= 4 is 34.0 Å². The molecular formula is C19H16N4O3S. The van der Waals surface area contributed by atoms with Gasteiger partial charge >= 0.3 is 0 Å². The zero-order valence-corrected chi connectivity index (χ0v) is 15.3. The Morgan fingerprint density at radius 2 is 2.11 bits per heavy atom. The molecule has 0 bridgehead atoms. The number of aromatic nitrogens is 2. The number of nitro groups is 1. The molecule has 136 valence electrons. The first-order valence-electron chi connectivity index (χ1n) is 8.24. The van der Waals surface area contributed by atoms with Crippen LogP contribution in [0.4, 0.5) is 11.4 Å². The zero-order valence-electron chi connectivity index (χ0n) is 14.5. The van der Waals surface area contributed by atoms with Crippen molar-refractivity contribution in [3.63, 3.8) is 0 Å². The molecule has 2 heterocycles. The average molecular weight is 380 g/mol. The van der Waals surface area contributed by atoms with Crippen LogP contribution in [-0.2, 0) is 6.54 Å². The molecule has 0 unspecified atom stereocenters. The van der Waals surface area contributed by atoms with Crippen LogP contribution < -0.4 is 5.32 Å². The summed E-state index contributed by atoms with van der Waals surface area (Å²) in [5.41, 5.74) is 2.92. The molecule has 0 radical (unpaired) electrons. The third kappa shape index (κ3) is 3.39. The molecule has 2 aromatic carbocycles. The first-order valence-corrected chi connectivity index (χ1v) is 9.06. The van der Waals surface area contributed by atoms with E-state index in [1.165, 1.54) is 24.2 Å². The number of nitrogens with one attached hydrogen (secondary N) is 1. The Hall–Kier alpha value is -3.26. The van der Waals surface area contributed by atoms with E-state index in [4.69, 9.17) is 4.42 Å². The van der Waals surface area contributed by atoms with Crippen molar-refractivity contribution in [1.29, 1.82) is 0 Å². The Bertz CT molecular complexity index is 1110. The van der Waals surface area contributed by atoms with Crippen molar-refractivity contribution in [2.75, 3.05) is 12.4 Å². The Kier molecular flexibility index (Phi) is 4.55. The van der Waals surface area contributed by atoms with E-state index in [0.29, 0.717) is 11.4 Å². The lowest BCUT2D eigenvalue weighted by Gasteiger charge is -2.05. The van der Waals surface area contributed by atoms with E-state index < -0.39 is 0 Å². The van der Waals surface area contributed by atoms with Crippen molar-refractivity contribution in [3.8, 4) is 0 Å². The van der Waals surface area contributed by atoms with Gasteiger partial charge in [0.05, 0.1) is 27.6 Å². The highest BCUT2D eigenvalue weighted by molar-refractivity contribution is 7.99. The second-order valence-corrected chi connectivity index (χ2v) is 6.99. The van der Waals surface area contributed by atoms with Gasteiger partial charge in [-0.2, -0.15) is 0 Å². The van der Waals surface area contributed by atoms with Crippen LogP contribution in [0.15, 0.2) is 75.5 Å². The number of nitro benzene ring substituents is 1. The van der Waals surface area contributed by atoms with Crippen molar-refractivity contribution in [1.82, 2.24) is 9.55 Å². The van der Waals surface area contributed by atoms with Crippen LogP contribution >= 0.6 is 11.8 Å². The maximum Gasteiger partial charge on any atom is 0.283 e. The van der Waals surface area contributed by atoms with Crippen molar-refractivity contribution < 1.29 is 9.34 Å². The van der Waals surface area contributed by atoms with Crippen molar-refractivity contribution in [3.05, 3.63) is 77.1 Å². The molecule has 8 heteroatoms. The molecule has 0 aliphatic carbocycles. The quantitative estimate of drug-likeness (QED) is 0.383. The molecule has 1 N–H and O–H groups in total. The second-order valence-electron chi connectivity index (χ2n) is 5.91. The highest BCUT2D eigenvalue weighted by Gasteiger charge is 2.17. The monoisotopic (exact) mass is 380 g/mol. The summed E-state index contributed by atoms with van der Waals surface area (Å²) in [4.78, 5) is 16.7. The fourth-order valence-electron chi connectivity index (χ4n) is 2.93. The summed E-state index contributed by atoms with van der Waals surface area (Å²) >= 11 is 1.39. The molecule has 0 aliphatic heterocycles. The summed E-state index contributed by atoms with van der Waals surface area (Å²) in [5, 5.41) is 15.5. The van der Waals surface area contributed by atoms with Crippen molar-refractivity contribution in [2.24, 2.45) is 0 Å². The number of fused-ring (bicyclic) bond motifs is 1. The molecule has 7 nitrogen and oxygen atoms in total. The van der Waals surface area contributed by atoms with Crippen molar-refractivity contribution in [2.45, 2.75) is 16.3 Å². The third-order valence-corrected chi connectivity index (χ3v) is 5.34. The van der Waals surface area contributed by atoms with Gasteiger partial charge in [0.15, 0.2) is 6.39 Å². The topological polar surface area (TPSA) is 86.1 Å². The largest absolute Gasteiger partial charge is 0.451 e. The Balaban J connectivity index is 1.80. The van der Waals surface area contributed by atoms with Gasteiger partial charge in [-0.3, -0.25) is 10.1 Å². The summed E-state index contributed by atoms with van der Waals surface area (Å²) in [6.45, 7) is 0.553. The first kappa shape index (κ1) is 17.2. The standard InChI is InChI=1S/C19H16N4O3S/c1-20-13-6-7-15-17(8-13)22(9-14-11-26-12-21-14)10-19(15)27-18-5-3-2-4-16(18)23(24)25/h2-8,10-12,20H,9H2,1H3. The van der Waals surface area contributed by atoms with Gasteiger partial charge in [0.1, 0.15) is 6.26 Å². The SMILES string of the molecule is CNc1ccc2c(Sc3ccccc3[N+](=O)[O-])cn(Cc3cocn3)c2c1. The number of nitrogens with zero attached hydrogens (tertiary/aromatic N) is 3.